The number of amides is 1. The van der Waals surface area contributed by atoms with Crippen molar-refractivity contribution >= 4 is 23.0 Å². The third kappa shape index (κ3) is 5.39. The monoisotopic (exact) mass is 318 g/mol. The van der Waals surface area contributed by atoms with Crippen LogP contribution in [0, 0.1) is 0 Å². The Hall–Kier alpha value is -2.37. The molecule has 1 heterocycles. The molecule has 0 atom stereocenters. The second-order valence-corrected chi connectivity index (χ2v) is 6.30. The maximum atomic E-state index is 12.0. The Bertz CT molecular complexity index is 652. The fourth-order valence-corrected chi connectivity index (χ4v) is 2.01. The maximum Gasteiger partial charge on any atom is 0.407 e. The lowest BCUT2D eigenvalue weighted by Crippen LogP contribution is -2.33. The SMILES string of the molecule is CC(C)(C)OC(=O)NCCCCC(=O)c1nc2ccccc2o1. The van der Waals surface area contributed by atoms with Gasteiger partial charge in [-0.2, -0.15) is 0 Å². The number of para-hydroxylation sites is 2. The molecule has 1 aromatic heterocycles. The van der Waals surface area contributed by atoms with Crippen LogP contribution in [-0.2, 0) is 4.74 Å². The summed E-state index contributed by atoms with van der Waals surface area (Å²) in [6.45, 7) is 5.90. The van der Waals surface area contributed by atoms with Crippen molar-refractivity contribution in [3.63, 3.8) is 0 Å². The van der Waals surface area contributed by atoms with Crippen LogP contribution in [0.5, 0.6) is 0 Å². The van der Waals surface area contributed by atoms with E-state index in [4.69, 9.17) is 9.15 Å². The van der Waals surface area contributed by atoms with Crippen LogP contribution in [0.2, 0.25) is 0 Å². The molecular formula is C17H22N2O4. The van der Waals surface area contributed by atoms with Gasteiger partial charge in [0, 0.05) is 13.0 Å². The first-order chi connectivity index (χ1) is 10.8. The molecule has 124 valence electrons. The molecule has 0 bridgehead atoms. The number of carbonyl (C=O) groups excluding carboxylic acids is 2. The molecule has 1 N–H and O–H groups in total. The summed E-state index contributed by atoms with van der Waals surface area (Å²) in [5.41, 5.74) is 0.789. The topological polar surface area (TPSA) is 81.4 Å². The number of oxazole rings is 1. The summed E-state index contributed by atoms with van der Waals surface area (Å²) in [4.78, 5) is 27.7. The second-order valence-electron chi connectivity index (χ2n) is 6.30. The molecule has 0 spiro atoms. The van der Waals surface area contributed by atoms with Gasteiger partial charge in [-0.05, 0) is 45.7 Å². The van der Waals surface area contributed by atoms with Crippen LogP contribution in [0.4, 0.5) is 4.79 Å². The highest BCUT2D eigenvalue weighted by molar-refractivity contribution is 5.94. The molecular weight excluding hydrogens is 296 g/mol. The molecule has 0 saturated heterocycles. The zero-order chi connectivity index (χ0) is 16.9. The normalized spacial score (nSPS) is 11.4. The minimum Gasteiger partial charge on any atom is -0.444 e. The molecule has 0 aliphatic heterocycles. The van der Waals surface area contributed by atoms with Gasteiger partial charge in [-0.3, -0.25) is 4.79 Å². The lowest BCUT2D eigenvalue weighted by atomic mass is 10.2. The van der Waals surface area contributed by atoms with Gasteiger partial charge < -0.3 is 14.5 Å². The third-order valence-electron chi connectivity index (χ3n) is 3.03. The molecule has 1 amide bonds. The highest BCUT2D eigenvalue weighted by Gasteiger charge is 2.16. The van der Waals surface area contributed by atoms with E-state index in [9.17, 15) is 9.59 Å². The van der Waals surface area contributed by atoms with E-state index in [2.05, 4.69) is 10.3 Å². The Balaban J connectivity index is 1.70. The average Bonchev–Trinajstić information content (AvgIpc) is 2.88. The number of carbonyl (C=O) groups is 2. The van der Waals surface area contributed by atoms with Gasteiger partial charge in [0.25, 0.3) is 5.89 Å². The van der Waals surface area contributed by atoms with Crippen LogP contribution in [0.3, 0.4) is 0 Å². The molecule has 1 aromatic carbocycles. The van der Waals surface area contributed by atoms with Crippen molar-refractivity contribution in [1.82, 2.24) is 10.3 Å². The van der Waals surface area contributed by atoms with Crippen molar-refractivity contribution in [2.75, 3.05) is 6.54 Å². The molecule has 0 fully saturated rings. The molecule has 0 unspecified atom stereocenters. The van der Waals surface area contributed by atoms with Crippen molar-refractivity contribution in [3.05, 3.63) is 30.2 Å². The zero-order valence-electron chi connectivity index (χ0n) is 13.7. The number of rotatable bonds is 6. The van der Waals surface area contributed by atoms with E-state index < -0.39 is 11.7 Å². The summed E-state index contributed by atoms with van der Waals surface area (Å²) in [6, 6.07) is 7.27. The van der Waals surface area contributed by atoms with E-state index in [1.165, 1.54) is 0 Å². The van der Waals surface area contributed by atoms with Gasteiger partial charge in [-0.1, -0.05) is 12.1 Å². The Morgan fingerprint density at radius 3 is 2.65 bits per heavy atom. The standard InChI is InChI=1S/C17H22N2O4/c1-17(2,3)23-16(21)18-11-7-6-9-13(20)15-19-12-8-4-5-10-14(12)22-15/h4-5,8,10H,6-7,9,11H2,1-3H3,(H,18,21). The number of ether oxygens (including phenoxy) is 1. The van der Waals surface area contributed by atoms with Crippen molar-refractivity contribution in [2.45, 2.75) is 45.6 Å². The highest BCUT2D eigenvalue weighted by Crippen LogP contribution is 2.16. The van der Waals surface area contributed by atoms with Gasteiger partial charge in [0.1, 0.15) is 11.1 Å². The number of benzene rings is 1. The van der Waals surface area contributed by atoms with Gasteiger partial charge in [-0.25, -0.2) is 9.78 Å². The van der Waals surface area contributed by atoms with Crippen LogP contribution in [0.1, 0.15) is 50.7 Å². The lowest BCUT2D eigenvalue weighted by Gasteiger charge is -2.19. The lowest BCUT2D eigenvalue weighted by molar-refractivity contribution is 0.0527. The van der Waals surface area contributed by atoms with Crippen molar-refractivity contribution in [3.8, 4) is 0 Å². The predicted molar refractivity (Wildman–Crippen MR) is 86.4 cm³/mol. The Morgan fingerprint density at radius 1 is 1.22 bits per heavy atom. The molecule has 2 rings (SSSR count). The molecule has 0 aliphatic rings. The van der Waals surface area contributed by atoms with Crippen LogP contribution in [0.25, 0.3) is 11.1 Å². The average molecular weight is 318 g/mol. The number of hydrogen-bond donors (Lipinski definition) is 1. The number of nitrogens with zero attached hydrogens (tertiary/aromatic N) is 1. The summed E-state index contributed by atoms with van der Waals surface area (Å²) in [6.07, 6.45) is 1.23. The molecule has 0 saturated carbocycles. The van der Waals surface area contributed by atoms with E-state index in [0.717, 1.165) is 0 Å². The summed E-state index contributed by atoms with van der Waals surface area (Å²) in [7, 11) is 0. The van der Waals surface area contributed by atoms with Gasteiger partial charge in [0.05, 0.1) is 0 Å². The third-order valence-corrected chi connectivity index (χ3v) is 3.03. The number of Topliss-reactive ketones (excluding diaryl/α,β-unsaturated/α-hetero) is 1. The predicted octanol–water partition coefficient (Wildman–Crippen LogP) is 3.71. The molecule has 6 heteroatoms. The first kappa shape index (κ1) is 17.0. The van der Waals surface area contributed by atoms with Gasteiger partial charge in [0.15, 0.2) is 5.58 Å². The number of hydrogen-bond acceptors (Lipinski definition) is 5. The largest absolute Gasteiger partial charge is 0.444 e. The summed E-state index contributed by atoms with van der Waals surface area (Å²) in [5.74, 6) is 0.0183. The summed E-state index contributed by atoms with van der Waals surface area (Å²) in [5, 5.41) is 2.66. The van der Waals surface area contributed by atoms with Crippen LogP contribution < -0.4 is 5.32 Å². The maximum absolute atomic E-state index is 12.0. The van der Waals surface area contributed by atoms with Gasteiger partial charge in [0.2, 0.25) is 5.78 Å². The van der Waals surface area contributed by atoms with E-state index in [-0.39, 0.29) is 11.7 Å². The Labute approximate surface area is 135 Å². The first-order valence-corrected chi connectivity index (χ1v) is 7.71. The highest BCUT2D eigenvalue weighted by atomic mass is 16.6. The summed E-state index contributed by atoms with van der Waals surface area (Å²) >= 11 is 0. The number of nitrogens with one attached hydrogen (secondary N) is 1. The summed E-state index contributed by atoms with van der Waals surface area (Å²) < 4.78 is 10.6. The van der Waals surface area contributed by atoms with Crippen molar-refractivity contribution < 1.29 is 18.7 Å². The Kier molecular flexibility index (Phi) is 5.36. The second kappa shape index (κ2) is 7.26. The molecule has 0 radical (unpaired) electrons. The first-order valence-electron chi connectivity index (χ1n) is 7.71. The molecule has 0 aliphatic carbocycles. The van der Waals surface area contributed by atoms with Crippen molar-refractivity contribution in [2.24, 2.45) is 0 Å². The number of fused-ring (bicyclic) bond motifs is 1. The van der Waals surface area contributed by atoms with E-state index in [0.29, 0.717) is 36.9 Å². The zero-order valence-corrected chi connectivity index (χ0v) is 13.7. The van der Waals surface area contributed by atoms with Crippen LogP contribution in [0.15, 0.2) is 28.7 Å². The minimum atomic E-state index is -0.507. The van der Waals surface area contributed by atoms with Crippen LogP contribution in [-0.4, -0.2) is 29.0 Å². The van der Waals surface area contributed by atoms with Gasteiger partial charge in [-0.15, -0.1) is 0 Å². The molecule has 2 aromatic rings. The van der Waals surface area contributed by atoms with E-state index in [1.54, 1.807) is 12.1 Å². The van der Waals surface area contributed by atoms with Crippen LogP contribution >= 0.6 is 0 Å². The quantitative estimate of drug-likeness (QED) is 0.648. The van der Waals surface area contributed by atoms with E-state index >= 15 is 0 Å². The fraction of sp³-hybridized carbons (Fsp3) is 0.471. The number of ketones is 1. The Morgan fingerprint density at radius 2 is 1.96 bits per heavy atom. The van der Waals surface area contributed by atoms with Gasteiger partial charge >= 0.3 is 6.09 Å². The number of alkyl carbamates (subject to hydrolysis) is 1. The minimum absolute atomic E-state index is 0.126. The van der Waals surface area contributed by atoms with Crippen molar-refractivity contribution in [1.29, 1.82) is 0 Å². The fourth-order valence-electron chi connectivity index (χ4n) is 2.01. The number of unbranched alkanes of at least 4 members (excludes halogenated alkanes) is 1. The smallest absolute Gasteiger partial charge is 0.407 e. The molecule has 23 heavy (non-hydrogen) atoms. The number of aromatic nitrogens is 1. The molecule has 6 nitrogen and oxygen atoms in total. The van der Waals surface area contributed by atoms with E-state index in [1.807, 2.05) is 32.9 Å².